The molecule has 0 saturated carbocycles. The van der Waals surface area contributed by atoms with Gasteiger partial charge in [-0.3, -0.25) is 0 Å². The van der Waals surface area contributed by atoms with Crippen LogP contribution in [-0.2, 0) is 6.42 Å². The van der Waals surface area contributed by atoms with Gasteiger partial charge in [-0.25, -0.2) is 0 Å². The number of aromatic hydroxyl groups is 1. The first-order valence-corrected chi connectivity index (χ1v) is 4.67. The van der Waals surface area contributed by atoms with Crippen molar-refractivity contribution < 1.29 is 14.6 Å². The van der Waals surface area contributed by atoms with Crippen molar-refractivity contribution in [3.05, 3.63) is 17.7 Å². The third kappa shape index (κ3) is 1.92. The predicted octanol–water partition coefficient (Wildman–Crippen LogP) is 2.36. The third-order valence-electron chi connectivity index (χ3n) is 2.12. The van der Waals surface area contributed by atoms with E-state index < -0.39 is 0 Å². The van der Waals surface area contributed by atoms with Gasteiger partial charge in [-0.1, -0.05) is 13.3 Å². The average molecular weight is 196 g/mol. The minimum atomic E-state index is 0.268. The summed E-state index contributed by atoms with van der Waals surface area (Å²) in [6.07, 6.45) is 1.74. The predicted molar refractivity (Wildman–Crippen MR) is 55.2 cm³/mol. The topological polar surface area (TPSA) is 38.7 Å². The van der Waals surface area contributed by atoms with Gasteiger partial charge in [0, 0.05) is 5.56 Å². The van der Waals surface area contributed by atoms with Crippen LogP contribution < -0.4 is 9.47 Å². The quantitative estimate of drug-likeness (QED) is 0.803. The molecule has 0 bridgehead atoms. The van der Waals surface area contributed by atoms with Crippen molar-refractivity contribution in [3.8, 4) is 17.2 Å². The zero-order valence-corrected chi connectivity index (χ0v) is 8.83. The Bertz CT molecular complexity index is 308. The maximum atomic E-state index is 9.64. The Morgan fingerprint density at radius 1 is 1.21 bits per heavy atom. The number of benzene rings is 1. The van der Waals surface area contributed by atoms with E-state index in [4.69, 9.17) is 9.47 Å². The Morgan fingerprint density at radius 3 is 2.43 bits per heavy atom. The maximum Gasteiger partial charge on any atom is 0.167 e. The van der Waals surface area contributed by atoms with E-state index in [1.807, 2.05) is 0 Å². The molecular formula is C11H16O3. The van der Waals surface area contributed by atoms with Crippen LogP contribution in [0.4, 0.5) is 0 Å². The molecule has 0 amide bonds. The summed E-state index contributed by atoms with van der Waals surface area (Å²) in [5.74, 6) is 1.56. The van der Waals surface area contributed by atoms with Crippen LogP contribution in [0.5, 0.6) is 17.2 Å². The second kappa shape index (κ2) is 4.74. The lowest BCUT2D eigenvalue weighted by atomic mass is 10.1. The lowest BCUT2D eigenvalue weighted by Gasteiger charge is -2.13. The van der Waals surface area contributed by atoms with Gasteiger partial charge in [-0.15, -0.1) is 0 Å². The normalized spacial score (nSPS) is 9.93. The lowest BCUT2D eigenvalue weighted by Crippen LogP contribution is -1.96. The van der Waals surface area contributed by atoms with Gasteiger partial charge in [-0.05, 0) is 18.6 Å². The van der Waals surface area contributed by atoms with Gasteiger partial charge in [0.25, 0.3) is 0 Å². The molecule has 1 aromatic rings. The maximum absolute atomic E-state index is 9.64. The van der Waals surface area contributed by atoms with Crippen LogP contribution in [0.25, 0.3) is 0 Å². The van der Waals surface area contributed by atoms with Crippen LogP contribution in [0, 0.1) is 0 Å². The average Bonchev–Trinajstić information content (AvgIpc) is 2.21. The number of methoxy groups -OCH3 is 2. The van der Waals surface area contributed by atoms with Crippen molar-refractivity contribution >= 4 is 0 Å². The first-order chi connectivity index (χ1) is 6.74. The summed E-state index contributed by atoms with van der Waals surface area (Å²) in [5.41, 5.74) is 0.814. The number of phenols is 1. The first-order valence-electron chi connectivity index (χ1n) is 4.67. The zero-order valence-electron chi connectivity index (χ0n) is 8.83. The Hall–Kier alpha value is -1.38. The van der Waals surface area contributed by atoms with Gasteiger partial charge in [0.05, 0.1) is 14.2 Å². The van der Waals surface area contributed by atoms with Crippen molar-refractivity contribution in [1.29, 1.82) is 0 Å². The fourth-order valence-electron chi connectivity index (χ4n) is 1.47. The molecule has 1 aromatic carbocycles. The molecule has 0 heterocycles. The van der Waals surface area contributed by atoms with Crippen LogP contribution in [0.2, 0.25) is 0 Å². The van der Waals surface area contributed by atoms with E-state index >= 15 is 0 Å². The second-order valence-electron chi connectivity index (χ2n) is 3.05. The fraction of sp³-hybridized carbons (Fsp3) is 0.455. The van der Waals surface area contributed by atoms with Crippen LogP contribution in [0.15, 0.2) is 12.1 Å². The molecule has 0 fully saturated rings. The number of rotatable bonds is 4. The van der Waals surface area contributed by atoms with E-state index in [0.717, 1.165) is 18.4 Å². The van der Waals surface area contributed by atoms with E-state index in [9.17, 15) is 5.11 Å². The molecule has 0 aliphatic carbocycles. The standard InChI is InChI=1S/C11H16O3/c1-4-5-8-9(12)6-7-10(13-2)11(8)14-3/h6-7,12H,4-5H2,1-3H3. The van der Waals surface area contributed by atoms with Crippen LogP contribution in [0.1, 0.15) is 18.9 Å². The summed E-state index contributed by atoms with van der Waals surface area (Å²) in [6, 6.07) is 3.33. The number of phenolic OH excluding ortho intramolecular Hbond substituents is 1. The number of hydrogen-bond donors (Lipinski definition) is 1. The Kier molecular flexibility index (Phi) is 3.63. The molecule has 0 unspecified atom stereocenters. The van der Waals surface area contributed by atoms with Crippen LogP contribution >= 0.6 is 0 Å². The molecule has 0 aliphatic rings. The van der Waals surface area contributed by atoms with Gasteiger partial charge in [0.15, 0.2) is 11.5 Å². The molecule has 0 aromatic heterocycles. The van der Waals surface area contributed by atoms with Gasteiger partial charge >= 0.3 is 0 Å². The summed E-state index contributed by atoms with van der Waals surface area (Å²) in [7, 11) is 3.17. The monoisotopic (exact) mass is 196 g/mol. The molecule has 3 nitrogen and oxygen atoms in total. The van der Waals surface area contributed by atoms with Gasteiger partial charge < -0.3 is 14.6 Å². The van der Waals surface area contributed by atoms with Crippen LogP contribution in [0.3, 0.4) is 0 Å². The van der Waals surface area contributed by atoms with Gasteiger partial charge in [0.2, 0.25) is 0 Å². The highest BCUT2D eigenvalue weighted by atomic mass is 16.5. The van der Waals surface area contributed by atoms with Crippen molar-refractivity contribution in [2.75, 3.05) is 14.2 Å². The molecule has 0 saturated heterocycles. The van der Waals surface area contributed by atoms with E-state index in [1.165, 1.54) is 0 Å². The molecule has 1 rings (SSSR count). The van der Waals surface area contributed by atoms with Crippen LogP contribution in [-0.4, -0.2) is 19.3 Å². The highest BCUT2D eigenvalue weighted by Gasteiger charge is 2.13. The molecule has 14 heavy (non-hydrogen) atoms. The van der Waals surface area contributed by atoms with Crippen molar-refractivity contribution in [3.63, 3.8) is 0 Å². The summed E-state index contributed by atoms with van der Waals surface area (Å²) < 4.78 is 10.4. The molecule has 0 aliphatic heterocycles. The fourth-order valence-corrected chi connectivity index (χ4v) is 1.47. The third-order valence-corrected chi connectivity index (χ3v) is 2.12. The highest BCUT2D eigenvalue weighted by Crippen LogP contribution is 2.37. The molecule has 78 valence electrons. The van der Waals surface area contributed by atoms with Gasteiger partial charge in [0.1, 0.15) is 5.75 Å². The summed E-state index contributed by atoms with van der Waals surface area (Å²) >= 11 is 0. The van der Waals surface area contributed by atoms with Crippen molar-refractivity contribution in [2.45, 2.75) is 19.8 Å². The number of hydrogen-bond acceptors (Lipinski definition) is 3. The van der Waals surface area contributed by atoms with Crippen molar-refractivity contribution in [1.82, 2.24) is 0 Å². The number of ether oxygens (including phenoxy) is 2. The molecule has 1 N–H and O–H groups in total. The minimum Gasteiger partial charge on any atom is -0.508 e. The molecular weight excluding hydrogens is 180 g/mol. The Balaban J connectivity index is 3.20. The largest absolute Gasteiger partial charge is 0.508 e. The highest BCUT2D eigenvalue weighted by molar-refractivity contribution is 5.53. The summed E-state index contributed by atoms with van der Waals surface area (Å²) in [6.45, 7) is 2.05. The molecule has 0 atom stereocenters. The molecule has 3 heteroatoms. The Morgan fingerprint density at radius 2 is 1.93 bits per heavy atom. The second-order valence-corrected chi connectivity index (χ2v) is 3.05. The lowest BCUT2D eigenvalue weighted by molar-refractivity contribution is 0.346. The smallest absolute Gasteiger partial charge is 0.167 e. The van der Waals surface area contributed by atoms with E-state index in [-0.39, 0.29) is 5.75 Å². The minimum absolute atomic E-state index is 0.268. The van der Waals surface area contributed by atoms with E-state index in [2.05, 4.69) is 6.92 Å². The Labute approximate surface area is 84.3 Å². The van der Waals surface area contributed by atoms with E-state index in [1.54, 1.807) is 26.4 Å². The van der Waals surface area contributed by atoms with Gasteiger partial charge in [-0.2, -0.15) is 0 Å². The molecule has 0 radical (unpaired) electrons. The first kappa shape index (κ1) is 10.7. The zero-order chi connectivity index (χ0) is 10.6. The van der Waals surface area contributed by atoms with E-state index in [0.29, 0.717) is 11.5 Å². The van der Waals surface area contributed by atoms with Crippen molar-refractivity contribution in [2.24, 2.45) is 0 Å². The molecule has 0 spiro atoms. The summed E-state index contributed by atoms with van der Waals surface area (Å²) in [5, 5.41) is 9.64. The SMILES string of the molecule is CCCc1c(O)ccc(OC)c1OC. The summed E-state index contributed by atoms with van der Waals surface area (Å²) in [4.78, 5) is 0.